The molecular formula is C19H22N2O3. The first kappa shape index (κ1) is 17.5. The topological polar surface area (TPSA) is 58.6 Å². The van der Waals surface area contributed by atoms with Gasteiger partial charge in [-0.25, -0.2) is 0 Å². The van der Waals surface area contributed by atoms with E-state index in [4.69, 9.17) is 4.74 Å². The largest absolute Gasteiger partial charge is 0.497 e. The van der Waals surface area contributed by atoms with Crippen molar-refractivity contribution in [2.45, 2.75) is 13.3 Å². The number of ether oxygens (including phenoxy) is 1. The Hall–Kier alpha value is -2.82. The Morgan fingerprint density at radius 1 is 1.04 bits per heavy atom. The van der Waals surface area contributed by atoms with Crippen LogP contribution in [0.15, 0.2) is 48.5 Å². The zero-order valence-electron chi connectivity index (χ0n) is 14.2. The Kier molecular flexibility index (Phi) is 5.95. The average Bonchev–Trinajstić information content (AvgIpc) is 2.57. The Labute approximate surface area is 142 Å². The van der Waals surface area contributed by atoms with Crippen LogP contribution in [0.4, 0.5) is 5.69 Å². The molecule has 0 atom stereocenters. The van der Waals surface area contributed by atoms with Crippen molar-refractivity contribution < 1.29 is 14.3 Å². The molecule has 2 rings (SSSR count). The van der Waals surface area contributed by atoms with E-state index in [1.165, 1.54) is 4.90 Å². The predicted molar refractivity (Wildman–Crippen MR) is 94.1 cm³/mol. The monoisotopic (exact) mass is 326 g/mol. The molecule has 0 spiro atoms. The molecule has 0 aromatic heterocycles. The predicted octanol–water partition coefficient (Wildman–Crippen LogP) is 2.64. The Morgan fingerprint density at radius 3 is 2.25 bits per heavy atom. The molecule has 0 aliphatic carbocycles. The number of hydrogen-bond donors (Lipinski definition) is 1. The minimum Gasteiger partial charge on any atom is -0.497 e. The fourth-order valence-electron chi connectivity index (χ4n) is 2.19. The minimum absolute atomic E-state index is 0.0106. The van der Waals surface area contributed by atoms with E-state index in [9.17, 15) is 9.59 Å². The summed E-state index contributed by atoms with van der Waals surface area (Å²) in [5.41, 5.74) is 2.76. The summed E-state index contributed by atoms with van der Waals surface area (Å²) in [4.78, 5) is 25.7. The van der Waals surface area contributed by atoms with Gasteiger partial charge in [0.1, 0.15) is 5.75 Å². The van der Waals surface area contributed by atoms with Crippen LogP contribution in [-0.2, 0) is 16.0 Å². The lowest BCUT2D eigenvalue weighted by Gasteiger charge is -2.17. The molecule has 2 amide bonds. The second-order valence-corrected chi connectivity index (χ2v) is 5.69. The number of likely N-dealkylation sites (N-methyl/N-ethyl adjacent to an activating group) is 1. The van der Waals surface area contributed by atoms with Gasteiger partial charge in [-0.1, -0.05) is 29.8 Å². The van der Waals surface area contributed by atoms with Crippen LogP contribution >= 0.6 is 0 Å². The highest BCUT2D eigenvalue weighted by Gasteiger charge is 2.13. The van der Waals surface area contributed by atoms with Crippen LogP contribution in [-0.4, -0.2) is 37.4 Å². The summed E-state index contributed by atoms with van der Waals surface area (Å²) >= 11 is 0. The van der Waals surface area contributed by atoms with Gasteiger partial charge in [-0.3, -0.25) is 9.59 Å². The van der Waals surface area contributed by atoms with E-state index in [1.807, 2.05) is 31.2 Å². The molecule has 0 aliphatic heterocycles. The zero-order valence-corrected chi connectivity index (χ0v) is 14.2. The summed E-state index contributed by atoms with van der Waals surface area (Å²) in [6.45, 7) is 2.01. The average molecular weight is 326 g/mol. The summed E-state index contributed by atoms with van der Waals surface area (Å²) in [6, 6.07) is 14.8. The number of carbonyl (C=O) groups is 2. The number of amides is 2. The quantitative estimate of drug-likeness (QED) is 0.888. The van der Waals surface area contributed by atoms with E-state index in [-0.39, 0.29) is 24.8 Å². The molecule has 0 saturated heterocycles. The maximum absolute atomic E-state index is 12.2. The summed E-state index contributed by atoms with van der Waals surface area (Å²) < 4.78 is 5.07. The van der Waals surface area contributed by atoms with Crippen molar-refractivity contribution in [3.05, 3.63) is 59.7 Å². The SMILES string of the molecule is COc1ccc(NC(=O)CN(C)C(=O)Cc2ccc(C)cc2)cc1. The van der Waals surface area contributed by atoms with Crippen molar-refractivity contribution in [1.29, 1.82) is 0 Å². The molecular weight excluding hydrogens is 304 g/mol. The number of anilines is 1. The Balaban J connectivity index is 1.85. The molecule has 126 valence electrons. The van der Waals surface area contributed by atoms with Crippen LogP contribution in [0.25, 0.3) is 0 Å². The van der Waals surface area contributed by atoms with Crippen LogP contribution in [0.2, 0.25) is 0 Å². The standard InChI is InChI=1S/C19H22N2O3/c1-14-4-6-15(7-5-14)12-19(23)21(2)13-18(22)20-16-8-10-17(24-3)11-9-16/h4-11H,12-13H2,1-3H3,(H,20,22). The molecule has 24 heavy (non-hydrogen) atoms. The highest BCUT2D eigenvalue weighted by Crippen LogP contribution is 2.15. The highest BCUT2D eigenvalue weighted by atomic mass is 16.5. The normalized spacial score (nSPS) is 10.1. The smallest absolute Gasteiger partial charge is 0.243 e. The number of methoxy groups -OCH3 is 1. The van der Waals surface area contributed by atoms with Crippen molar-refractivity contribution >= 4 is 17.5 Å². The number of aryl methyl sites for hydroxylation is 1. The van der Waals surface area contributed by atoms with Gasteiger partial charge in [-0.2, -0.15) is 0 Å². The van der Waals surface area contributed by atoms with Crippen LogP contribution in [0.3, 0.4) is 0 Å². The van der Waals surface area contributed by atoms with Crippen LogP contribution in [0.1, 0.15) is 11.1 Å². The van der Waals surface area contributed by atoms with Crippen molar-refractivity contribution in [3.63, 3.8) is 0 Å². The van der Waals surface area contributed by atoms with Gasteiger partial charge >= 0.3 is 0 Å². The first-order chi connectivity index (χ1) is 11.5. The molecule has 0 heterocycles. The van der Waals surface area contributed by atoms with Crippen LogP contribution in [0, 0.1) is 6.92 Å². The first-order valence-corrected chi connectivity index (χ1v) is 7.71. The summed E-state index contributed by atoms with van der Waals surface area (Å²) in [5.74, 6) is 0.391. The van der Waals surface area contributed by atoms with Gasteiger partial charge in [0.15, 0.2) is 0 Å². The molecule has 0 aliphatic rings. The van der Waals surface area contributed by atoms with Gasteiger partial charge in [0.25, 0.3) is 0 Å². The molecule has 5 nitrogen and oxygen atoms in total. The number of benzene rings is 2. The molecule has 2 aromatic carbocycles. The van der Waals surface area contributed by atoms with E-state index >= 15 is 0 Å². The minimum atomic E-state index is -0.236. The van der Waals surface area contributed by atoms with Gasteiger partial charge < -0.3 is 15.0 Å². The van der Waals surface area contributed by atoms with Gasteiger partial charge in [0.2, 0.25) is 11.8 Å². The number of hydrogen-bond acceptors (Lipinski definition) is 3. The molecule has 2 aromatic rings. The van der Waals surface area contributed by atoms with Crippen LogP contribution < -0.4 is 10.1 Å². The molecule has 0 unspecified atom stereocenters. The second-order valence-electron chi connectivity index (χ2n) is 5.69. The van der Waals surface area contributed by atoms with Crippen molar-refractivity contribution in [1.82, 2.24) is 4.90 Å². The van der Waals surface area contributed by atoms with E-state index < -0.39 is 0 Å². The number of nitrogens with one attached hydrogen (secondary N) is 1. The molecule has 0 fully saturated rings. The Morgan fingerprint density at radius 2 is 1.67 bits per heavy atom. The van der Waals surface area contributed by atoms with E-state index in [0.717, 1.165) is 16.9 Å². The van der Waals surface area contributed by atoms with Crippen LogP contribution in [0.5, 0.6) is 5.75 Å². The Bertz CT molecular complexity index is 694. The molecule has 0 saturated carbocycles. The highest BCUT2D eigenvalue weighted by molar-refractivity contribution is 5.94. The van der Waals surface area contributed by atoms with Crippen molar-refractivity contribution in [2.75, 3.05) is 26.0 Å². The maximum Gasteiger partial charge on any atom is 0.243 e. The molecule has 0 bridgehead atoms. The third-order valence-corrected chi connectivity index (χ3v) is 3.66. The van der Waals surface area contributed by atoms with E-state index in [1.54, 1.807) is 38.4 Å². The lowest BCUT2D eigenvalue weighted by molar-refractivity contribution is -0.132. The fraction of sp³-hybridized carbons (Fsp3) is 0.263. The molecule has 5 heteroatoms. The maximum atomic E-state index is 12.2. The first-order valence-electron chi connectivity index (χ1n) is 7.71. The lowest BCUT2D eigenvalue weighted by atomic mass is 10.1. The van der Waals surface area contributed by atoms with Crippen molar-refractivity contribution in [3.8, 4) is 5.75 Å². The van der Waals surface area contributed by atoms with Crippen molar-refractivity contribution in [2.24, 2.45) is 0 Å². The van der Waals surface area contributed by atoms with Gasteiger partial charge in [0.05, 0.1) is 20.1 Å². The van der Waals surface area contributed by atoms with Gasteiger partial charge in [-0.15, -0.1) is 0 Å². The molecule has 1 N–H and O–H groups in total. The number of nitrogens with zero attached hydrogens (tertiary/aromatic N) is 1. The van der Waals surface area contributed by atoms with E-state index in [0.29, 0.717) is 5.69 Å². The van der Waals surface area contributed by atoms with Gasteiger partial charge in [-0.05, 0) is 36.8 Å². The lowest BCUT2D eigenvalue weighted by Crippen LogP contribution is -2.35. The number of carbonyl (C=O) groups excluding carboxylic acids is 2. The zero-order chi connectivity index (χ0) is 17.5. The molecule has 0 radical (unpaired) electrons. The fourth-order valence-corrected chi connectivity index (χ4v) is 2.19. The summed E-state index contributed by atoms with van der Waals surface area (Å²) in [6.07, 6.45) is 0.284. The third-order valence-electron chi connectivity index (χ3n) is 3.66. The number of rotatable bonds is 6. The summed E-state index contributed by atoms with van der Waals surface area (Å²) in [7, 11) is 3.21. The van der Waals surface area contributed by atoms with E-state index in [2.05, 4.69) is 5.32 Å². The van der Waals surface area contributed by atoms with Gasteiger partial charge in [0, 0.05) is 12.7 Å². The second kappa shape index (κ2) is 8.15. The third kappa shape index (κ3) is 5.12. The summed E-state index contributed by atoms with van der Waals surface area (Å²) in [5, 5.41) is 2.76.